The zero-order valence-electron chi connectivity index (χ0n) is 16.9. The maximum atomic E-state index is 13.5. The molecule has 2 aliphatic heterocycles. The molecule has 6 nitrogen and oxygen atoms in total. The van der Waals surface area contributed by atoms with Crippen molar-refractivity contribution in [1.29, 1.82) is 0 Å². The van der Waals surface area contributed by atoms with Crippen molar-refractivity contribution >= 4 is 22.6 Å². The van der Waals surface area contributed by atoms with E-state index >= 15 is 0 Å². The molecule has 4 heterocycles. The Kier molecular flexibility index (Phi) is 4.49. The van der Waals surface area contributed by atoms with Crippen molar-refractivity contribution in [2.45, 2.75) is 39.2 Å². The standard InChI is InChI=1S/C23H27N5O/c1-17-24-11-7-21(26-17)27-13-9-23(10-14-27)8-4-12-28(22(23)29)16-18-15-25-20-6-3-2-5-19(18)20/h2-3,5-7,11,15,25H,4,8-10,12-14,16H2,1H3. The van der Waals surface area contributed by atoms with Gasteiger partial charge in [0.1, 0.15) is 11.6 Å². The van der Waals surface area contributed by atoms with Crippen molar-refractivity contribution in [3.8, 4) is 0 Å². The number of likely N-dealkylation sites (tertiary alicyclic amines) is 1. The van der Waals surface area contributed by atoms with Crippen LogP contribution in [0.4, 0.5) is 5.82 Å². The van der Waals surface area contributed by atoms with E-state index < -0.39 is 0 Å². The van der Waals surface area contributed by atoms with Gasteiger partial charge < -0.3 is 14.8 Å². The summed E-state index contributed by atoms with van der Waals surface area (Å²) in [4.78, 5) is 30.0. The van der Waals surface area contributed by atoms with E-state index in [2.05, 4.69) is 49.1 Å². The average molecular weight is 390 g/mol. The number of carbonyl (C=O) groups excluding carboxylic acids is 1. The number of anilines is 1. The van der Waals surface area contributed by atoms with E-state index in [0.29, 0.717) is 12.5 Å². The number of benzene rings is 1. The lowest BCUT2D eigenvalue weighted by Crippen LogP contribution is -2.53. The third-order valence-corrected chi connectivity index (χ3v) is 6.67. The molecule has 29 heavy (non-hydrogen) atoms. The molecule has 3 aromatic rings. The Bertz CT molecular complexity index is 1030. The molecule has 0 atom stereocenters. The lowest BCUT2D eigenvalue weighted by molar-refractivity contribution is -0.148. The molecule has 1 aromatic carbocycles. The van der Waals surface area contributed by atoms with Crippen molar-refractivity contribution in [3.05, 3.63) is 54.1 Å². The fourth-order valence-corrected chi connectivity index (χ4v) is 5.02. The predicted molar refractivity (Wildman–Crippen MR) is 114 cm³/mol. The Balaban J connectivity index is 1.31. The highest BCUT2D eigenvalue weighted by molar-refractivity contribution is 5.86. The Morgan fingerprint density at radius 1 is 1.10 bits per heavy atom. The van der Waals surface area contributed by atoms with Gasteiger partial charge in [-0.1, -0.05) is 18.2 Å². The largest absolute Gasteiger partial charge is 0.361 e. The van der Waals surface area contributed by atoms with E-state index in [1.807, 2.05) is 25.3 Å². The first kappa shape index (κ1) is 18.2. The van der Waals surface area contributed by atoms with Crippen molar-refractivity contribution in [2.75, 3.05) is 24.5 Å². The van der Waals surface area contributed by atoms with Crippen molar-refractivity contribution < 1.29 is 4.79 Å². The van der Waals surface area contributed by atoms with Crippen LogP contribution in [0.1, 0.15) is 37.1 Å². The summed E-state index contributed by atoms with van der Waals surface area (Å²) < 4.78 is 0. The molecule has 5 rings (SSSR count). The molecule has 150 valence electrons. The SMILES string of the molecule is Cc1nccc(N2CCC3(CCCN(Cc4c[nH]c5ccccc45)C3=O)CC2)n1. The quantitative estimate of drug-likeness (QED) is 0.742. The third kappa shape index (κ3) is 3.26. The summed E-state index contributed by atoms with van der Waals surface area (Å²) in [5, 5.41) is 1.22. The second kappa shape index (κ2) is 7.17. The van der Waals surface area contributed by atoms with E-state index in [-0.39, 0.29) is 5.41 Å². The van der Waals surface area contributed by atoms with Gasteiger partial charge in [0.25, 0.3) is 0 Å². The number of rotatable bonds is 3. The first-order valence-corrected chi connectivity index (χ1v) is 10.5. The molecule has 1 amide bonds. The van der Waals surface area contributed by atoms with Crippen LogP contribution in [0.15, 0.2) is 42.7 Å². The molecule has 6 heteroatoms. The number of aromatic amines is 1. The molecule has 0 bridgehead atoms. The number of hydrogen-bond acceptors (Lipinski definition) is 4. The highest BCUT2D eigenvalue weighted by Crippen LogP contribution is 2.42. The molecular formula is C23H27N5O. The number of fused-ring (bicyclic) bond motifs is 1. The topological polar surface area (TPSA) is 65.1 Å². The molecule has 2 saturated heterocycles. The number of aryl methyl sites for hydroxylation is 1. The molecule has 0 saturated carbocycles. The number of hydrogen-bond donors (Lipinski definition) is 1. The lowest BCUT2D eigenvalue weighted by Gasteiger charge is -2.46. The fraction of sp³-hybridized carbons (Fsp3) is 0.435. The van der Waals surface area contributed by atoms with Crippen molar-refractivity contribution in [1.82, 2.24) is 19.9 Å². The number of H-pyrrole nitrogens is 1. The van der Waals surface area contributed by atoms with Gasteiger partial charge >= 0.3 is 0 Å². The molecule has 2 aliphatic rings. The van der Waals surface area contributed by atoms with Gasteiger partial charge in [0.2, 0.25) is 5.91 Å². The van der Waals surface area contributed by atoms with Crippen LogP contribution in [-0.4, -0.2) is 45.4 Å². The summed E-state index contributed by atoms with van der Waals surface area (Å²) in [7, 11) is 0. The second-order valence-corrected chi connectivity index (χ2v) is 8.42. The maximum Gasteiger partial charge on any atom is 0.229 e. The smallest absolute Gasteiger partial charge is 0.229 e. The maximum absolute atomic E-state index is 13.5. The summed E-state index contributed by atoms with van der Waals surface area (Å²) >= 11 is 0. The van der Waals surface area contributed by atoms with Crippen LogP contribution < -0.4 is 4.90 Å². The first-order chi connectivity index (χ1) is 14.1. The van der Waals surface area contributed by atoms with Gasteiger partial charge in [-0.25, -0.2) is 9.97 Å². The van der Waals surface area contributed by atoms with Crippen LogP contribution >= 0.6 is 0 Å². The number of nitrogens with one attached hydrogen (secondary N) is 1. The molecule has 0 unspecified atom stereocenters. The number of piperidine rings is 2. The Morgan fingerprint density at radius 3 is 2.76 bits per heavy atom. The third-order valence-electron chi connectivity index (χ3n) is 6.67. The summed E-state index contributed by atoms with van der Waals surface area (Å²) in [6.45, 7) is 5.22. The Labute approximate surface area is 171 Å². The molecule has 0 radical (unpaired) electrons. The van der Waals surface area contributed by atoms with E-state index in [1.165, 1.54) is 10.9 Å². The molecular weight excluding hydrogens is 362 g/mol. The number of amides is 1. The minimum Gasteiger partial charge on any atom is -0.361 e. The zero-order valence-corrected chi connectivity index (χ0v) is 16.9. The van der Waals surface area contributed by atoms with Crippen LogP contribution in [0.25, 0.3) is 10.9 Å². The van der Waals surface area contributed by atoms with Crippen LogP contribution in [-0.2, 0) is 11.3 Å². The van der Waals surface area contributed by atoms with Crippen LogP contribution in [0.2, 0.25) is 0 Å². The van der Waals surface area contributed by atoms with Gasteiger partial charge in [-0.05, 0) is 50.3 Å². The fourth-order valence-electron chi connectivity index (χ4n) is 5.02. The van der Waals surface area contributed by atoms with Crippen LogP contribution in [0.5, 0.6) is 0 Å². The van der Waals surface area contributed by atoms with Crippen LogP contribution in [0, 0.1) is 12.3 Å². The number of aromatic nitrogens is 3. The van der Waals surface area contributed by atoms with Crippen molar-refractivity contribution in [3.63, 3.8) is 0 Å². The zero-order chi connectivity index (χ0) is 19.8. The number of carbonyl (C=O) groups is 1. The van der Waals surface area contributed by atoms with Crippen LogP contribution in [0.3, 0.4) is 0 Å². The molecule has 0 aliphatic carbocycles. The molecule has 2 aromatic heterocycles. The Morgan fingerprint density at radius 2 is 1.93 bits per heavy atom. The minimum atomic E-state index is -0.205. The van der Waals surface area contributed by atoms with E-state index in [0.717, 1.165) is 62.5 Å². The normalized spacial score (nSPS) is 19.3. The van der Waals surface area contributed by atoms with Gasteiger partial charge in [0.05, 0.1) is 5.41 Å². The second-order valence-electron chi connectivity index (χ2n) is 8.42. The number of para-hydroxylation sites is 1. The molecule has 1 N–H and O–H groups in total. The highest BCUT2D eigenvalue weighted by atomic mass is 16.2. The van der Waals surface area contributed by atoms with Gasteiger partial charge in [0.15, 0.2) is 0 Å². The van der Waals surface area contributed by atoms with Gasteiger partial charge in [-0.2, -0.15) is 0 Å². The summed E-state index contributed by atoms with van der Waals surface area (Å²) in [6, 6.07) is 10.3. The van der Waals surface area contributed by atoms with Gasteiger partial charge in [-0.3, -0.25) is 4.79 Å². The first-order valence-electron chi connectivity index (χ1n) is 10.5. The summed E-state index contributed by atoms with van der Waals surface area (Å²) in [5.74, 6) is 2.11. The molecule has 1 spiro atoms. The minimum absolute atomic E-state index is 0.205. The monoisotopic (exact) mass is 389 g/mol. The summed E-state index contributed by atoms with van der Waals surface area (Å²) in [5.41, 5.74) is 2.14. The van der Waals surface area contributed by atoms with Crippen molar-refractivity contribution in [2.24, 2.45) is 5.41 Å². The van der Waals surface area contributed by atoms with Gasteiger partial charge in [0, 0.05) is 49.5 Å². The lowest BCUT2D eigenvalue weighted by atomic mass is 9.71. The molecule has 2 fully saturated rings. The Hall–Kier alpha value is -2.89. The highest BCUT2D eigenvalue weighted by Gasteiger charge is 2.45. The number of nitrogens with zero attached hydrogens (tertiary/aromatic N) is 4. The predicted octanol–water partition coefficient (Wildman–Crippen LogP) is 3.68. The van der Waals surface area contributed by atoms with E-state index in [4.69, 9.17) is 0 Å². The average Bonchev–Trinajstić information content (AvgIpc) is 3.15. The summed E-state index contributed by atoms with van der Waals surface area (Å²) in [6.07, 6.45) is 7.77. The van der Waals surface area contributed by atoms with E-state index in [9.17, 15) is 4.79 Å². The van der Waals surface area contributed by atoms with E-state index in [1.54, 1.807) is 0 Å². The van der Waals surface area contributed by atoms with Gasteiger partial charge in [-0.15, -0.1) is 0 Å².